The minimum atomic E-state index is -6.49. The zero-order valence-electron chi connectivity index (χ0n) is 14.8. The predicted molar refractivity (Wildman–Crippen MR) is 77.8 cm³/mol. The summed E-state index contributed by atoms with van der Waals surface area (Å²) in [4.78, 5) is 11.6. The van der Waals surface area contributed by atoms with Gasteiger partial charge in [-0.25, -0.2) is 4.79 Å². The lowest BCUT2D eigenvalue weighted by molar-refractivity contribution is -0.405. The second-order valence-corrected chi connectivity index (χ2v) is 7.53. The standard InChI is InChI=1S/C13H13F9O8S/c1-6(4-28-3-2-9(14,15)13(21,22)31(25,26)27)8(23)30-7-5-29-11(24,10(7,16)17)12(18,19)20/h7,24H,1-5H2,(H,25,26,27). The van der Waals surface area contributed by atoms with E-state index in [0.717, 1.165) is 0 Å². The average Bonchev–Trinajstić information content (AvgIpc) is 2.81. The first kappa shape index (κ1) is 27.4. The van der Waals surface area contributed by atoms with E-state index in [0.29, 0.717) is 0 Å². The lowest BCUT2D eigenvalue weighted by Gasteiger charge is -2.31. The normalized spacial score (nSPS) is 24.8. The quantitative estimate of drug-likeness (QED) is 0.162. The Morgan fingerprint density at radius 2 is 1.68 bits per heavy atom. The number of carbonyl (C=O) groups excluding carboxylic acids is 1. The summed E-state index contributed by atoms with van der Waals surface area (Å²) in [6.45, 7) is -1.16. The zero-order chi connectivity index (χ0) is 24.7. The Morgan fingerprint density at radius 1 is 1.16 bits per heavy atom. The molecule has 1 saturated heterocycles. The van der Waals surface area contributed by atoms with Crippen LogP contribution in [0.4, 0.5) is 39.5 Å². The molecule has 1 rings (SSSR count). The lowest BCUT2D eigenvalue weighted by atomic mass is 10.1. The molecule has 2 N–H and O–H groups in total. The number of hydrogen-bond donors (Lipinski definition) is 2. The van der Waals surface area contributed by atoms with Gasteiger partial charge in [0, 0.05) is 6.42 Å². The van der Waals surface area contributed by atoms with Crippen molar-refractivity contribution in [2.75, 3.05) is 19.8 Å². The highest BCUT2D eigenvalue weighted by Gasteiger charge is 2.78. The second-order valence-electron chi connectivity index (χ2n) is 6.07. The van der Waals surface area contributed by atoms with Gasteiger partial charge in [-0.15, -0.1) is 0 Å². The molecule has 0 spiro atoms. The third-order valence-corrected chi connectivity index (χ3v) is 4.76. The molecule has 1 aliphatic rings. The van der Waals surface area contributed by atoms with Crippen LogP contribution in [0.1, 0.15) is 6.42 Å². The molecule has 18 heteroatoms. The Bertz CT molecular complexity index is 810. The number of hydrogen-bond acceptors (Lipinski definition) is 7. The van der Waals surface area contributed by atoms with E-state index in [-0.39, 0.29) is 0 Å². The molecule has 0 aromatic rings. The number of aliphatic hydroxyl groups is 1. The smallest absolute Gasteiger partial charge is 0.449 e. The highest BCUT2D eigenvalue weighted by molar-refractivity contribution is 7.87. The van der Waals surface area contributed by atoms with Crippen LogP contribution in [-0.4, -0.2) is 79.0 Å². The van der Waals surface area contributed by atoms with Crippen molar-refractivity contribution in [1.82, 2.24) is 0 Å². The van der Waals surface area contributed by atoms with Gasteiger partial charge in [-0.05, 0) is 0 Å². The highest BCUT2D eigenvalue weighted by Crippen LogP contribution is 2.49. The van der Waals surface area contributed by atoms with E-state index < -0.39 is 83.1 Å². The molecule has 8 nitrogen and oxygen atoms in total. The molecule has 0 aromatic heterocycles. The fraction of sp³-hybridized carbons (Fsp3) is 0.769. The molecule has 0 aromatic carbocycles. The molecule has 0 saturated carbocycles. The predicted octanol–water partition coefficient (Wildman–Crippen LogP) is 1.89. The van der Waals surface area contributed by atoms with Crippen LogP contribution < -0.4 is 0 Å². The van der Waals surface area contributed by atoms with Crippen molar-refractivity contribution in [2.24, 2.45) is 0 Å². The molecule has 2 unspecified atom stereocenters. The van der Waals surface area contributed by atoms with Gasteiger partial charge in [0.05, 0.1) is 25.4 Å². The van der Waals surface area contributed by atoms with Gasteiger partial charge in [-0.1, -0.05) is 6.58 Å². The monoisotopic (exact) mass is 500 g/mol. The summed E-state index contributed by atoms with van der Waals surface area (Å²) in [7, 11) is -6.49. The number of alkyl halides is 9. The van der Waals surface area contributed by atoms with Gasteiger partial charge in [-0.2, -0.15) is 47.9 Å². The molecule has 31 heavy (non-hydrogen) atoms. The van der Waals surface area contributed by atoms with Gasteiger partial charge >= 0.3 is 45.2 Å². The summed E-state index contributed by atoms with van der Waals surface area (Å²) < 4.78 is 158. The second kappa shape index (κ2) is 8.38. The van der Waals surface area contributed by atoms with E-state index in [1.54, 1.807) is 0 Å². The van der Waals surface area contributed by atoms with Crippen LogP contribution >= 0.6 is 0 Å². The number of carbonyl (C=O) groups is 1. The van der Waals surface area contributed by atoms with Gasteiger partial charge in [0.2, 0.25) is 0 Å². The van der Waals surface area contributed by atoms with Crippen molar-refractivity contribution in [2.45, 2.75) is 41.6 Å². The first-order chi connectivity index (χ1) is 13.6. The largest absolute Gasteiger partial charge is 0.450 e. The fourth-order valence-corrected chi connectivity index (χ4v) is 2.48. The van der Waals surface area contributed by atoms with Crippen LogP contribution in [0.25, 0.3) is 0 Å². The minimum absolute atomic E-state index is 0.942. The first-order valence-electron chi connectivity index (χ1n) is 7.62. The van der Waals surface area contributed by atoms with Crippen LogP contribution in [0, 0.1) is 0 Å². The molecular formula is C13H13F9O8S. The van der Waals surface area contributed by atoms with Crippen molar-refractivity contribution >= 4 is 16.1 Å². The molecular weight excluding hydrogens is 487 g/mol. The van der Waals surface area contributed by atoms with Gasteiger partial charge in [0.1, 0.15) is 0 Å². The van der Waals surface area contributed by atoms with Gasteiger partial charge in [0.15, 0.2) is 6.10 Å². The van der Waals surface area contributed by atoms with Crippen LogP contribution in [0.5, 0.6) is 0 Å². The van der Waals surface area contributed by atoms with Gasteiger partial charge in [0.25, 0.3) is 0 Å². The summed E-state index contributed by atoms with van der Waals surface area (Å²) in [5.74, 6) is -17.2. The number of rotatable bonds is 9. The minimum Gasteiger partial charge on any atom is -0.450 e. The zero-order valence-corrected chi connectivity index (χ0v) is 15.6. The SMILES string of the molecule is C=C(COCCC(F)(F)C(F)(F)S(=O)(=O)O)C(=O)OC1COC(O)(C(F)(F)F)C1(F)F. The van der Waals surface area contributed by atoms with E-state index in [4.69, 9.17) is 9.66 Å². The Kier molecular flexibility index (Phi) is 7.40. The van der Waals surface area contributed by atoms with Crippen molar-refractivity contribution in [3.05, 3.63) is 12.2 Å². The number of ether oxygens (including phenoxy) is 3. The van der Waals surface area contributed by atoms with E-state index in [2.05, 4.69) is 20.8 Å². The Labute approximate surface area is 167 Å². The molecule has 1 heterocycles. The third-order valence-electron chi connectivity index (χ3n) is 3.81. The molecule has 1 aliphatic heterocycles. The number of esters is 1. The van der Waals surface area contributed by atoms with Crippen LogP contribution in [0.15, 0.2) is 12.2 Å². The molecule has 0 bridgehead atoms. The van der Waals surface area contributed by atoms with E-state index in [1.807, 2.05) is 0 Å². The maximum atomic E-state index is 13.8. The maximum absolute atomic E-state index is 13.8. The van der Waals surface area contributed by atoms with E-state index in [9.17, 15) is 52.7 Å². The van der Waals surface area contributed by atoms with Crippen molar-refractivity contribution in [3.63, 3.8) is 0 Å². The van der Waals surface area contributed by atoms with Crippen molar-refractivity contribution in [1.29, 1.82) is 0 Å². The third kappa shape index (κ3) is 5.07. The average molecular weight is 500 g/mol. The summed E-state index contributed by atoms with van der Waals surface area (Å²) in [5, 5.41) is 3.15. The Balaban J connectivity index is 2.63. The molecule has 0 amide bonds. The first-order valence-corrected chi connectivity index (χ1v) is 9.06. The van der Waals surface area contributed by atoms with Crippen LogP contribution in [0.3, 0.4) is 0 Å². The van der Waals surface area contributed by atoms with E-state index >= 15 is 0 Å². The Morgan fingerprint density at radius 3 is 2.10 bits per heavy atom. The molecule has 0 aliphatic carbocycles. The maximum Gasteiger partial charge on any atom is 0.449 e. The summed E-state index contributed by atoms with van der Waals surface area (Å²) in [6, 6.07) is 0. The summed E-state index contributed by atoms with van der Waals surface area (Å²) in [6.07, 6.45) is -10.9. The fourth-order valence-electron chi connectivity index (χ4n) is 2.00. The van der Waals surface area contributed by atoms with Gasteiger partial charge in [-0.3, -0.25) is 4.55 Å². The highest BCUT2D eigenvalue weighted by atomic mass is 32.2. The van der Waals surface area contributed by atoms with Crippen LogP contribution in [0.2, 0.25) is 0 Å². The Hall–Kier alpha value is -1.63. The van der Waals surface area contributed by atoms with E-state index in [1.165, 1.54) is 0 Å². The van der Waals surface area contributed by atoms with Crippen LogP contribution in [-0.2, 0) is 29.1 Å². The van der Waals surface area contributed by atoms with Crippen molar-refractivity contribution < 1.29 is 76.6 Å². The van der Waals surface area contributed by atoms with Crippen molar-refractivity contribution in [3.8, 4) is 0 Å². The summed E-state index contributed by atoms with van der Waals surface area (Å²) in [5.41, 5.74) is -0.942. The van der Waals surface area contributed by atoms with Gasteiger partial charge < -0.3 is 19.3 Å². The lowest BCUT2D eigenvalue weighted by Crippen LogP contribution is -2.59. The molecule has 182 valence electrons. The molecule has 0 radical (unpaired) electrons. The number of halogens is 9. The summed E-state index contributed by atoms with van der Waals surface area (Å²) >= 11 is 0. The topological polar surface area (TPSA) is 119 Å². The molecule has 1 fully saturated rings. The molecule has 2 atom stereocenters.